The van der Waals surface area contributed by atoms with Crippen LogP contribution in [0.4, 0.5) is 9.18 Å². The van der Waals surface area contributed by atoms with E-state index >= 15 is 0 Å². The molecule has 1 fully saturated rings. The molecule has 1 aromatic rings. The average Bonchev–Trinajstić information content (AvgIpc) is 2.60. The predicted molar refractivity (Wildman–Crippen MR) is 93.4 cm³/mol. The zero-order chi connectivity index (χ0) is 19.2. The number of nitrogens with one attached hydrogen (secondary N) is 2. The highest BCUT2D eigenvalue weighted by Gasteiger charge is 2.30. The highest BCUT2D eigenvalue weighted by Crippen LogP contribution is 2.20. The van der Waals surface area contributed by atoms with Gasteiger partial charge in [0.1, 0.15) is 10.7 Å². The van der Waals surface area contributed by atoms with Gasteiger partial charge in [-0.05, 0) is 18.6 Å². The lowest BCUT2D eigenvalue weighted by atomic mass is 10.3. The van der Waals surface area contributed by atoms with Crippen molar-refractivity contribution in [3.8, 4) is 0 Å². The van der Waals surface area contributed by atoms with E-state index in [1.807, 2.05) is 6.92 Å². The quantitative estimate of drug-likeness (QED) is 0.736. The molecule has 8 nitrogen and oxygen atoms in total. The minimum absolute atomic E-state index is 0.00681. The Morgan fingerprint density at radius 2 is 1.81 bits per heavy atom. The fourth-order valence-electron chi connectivity index (χ4n) is 2.57. The van der Waals surface area contributed by atoms with Crippen molar-refractivity contribution in [1.82, 2.24) is 19.8 Å². The molecule has 2 N–H and O–H groups in total. The third-order valence-electron chi connectivity index (χ3n) is 3.94. The summed E-state index contributed by atoms with van der Waals surface area (Å²) in [6, 6.07) is 4.70. The summed E-state index contributed by atoms with van der Waals surface area (Å²) in [6.45, 7) is 3.29. The lowest BCUT2D eigenvalue weighted by Crippen LogP contribution is -2.52. The van der Waals surface area contributed by atoms with Crippen LogP contribution in [0.3, 0.4) is 0 Å². The molecule has 0 radical (unpaired) electrons. The molecule has 1 aliphatic heterocycles. The average molecular weight is 386 g/mol. The summed E-state index contributed by atoms with van der Waals surface area (Å²) in [5, 5.41) is 4.76. The number of sulfonamides is 1. The Labute approximate surface area is 152 Å². The van der Waals surface area contributed by atoms with E-state index in [2.05, 4.69) is 10.6 Å². The summed E-state index contributed by atoms with van der Waals surface area (Å²) in [6.07, 6.45) is 0.764. The smallest absolute Gasteiger partial charge is 0.321 e. The van der Waals surface area contributed by atoms with Crippen molar-refractivity contribution in [2.24, 2.45) is 0 Å². The van der Waals surface area contributed by atoms with Crippen LogP contribution < -0.4 is 10.6 Å². The maximum absolute atomic E-state index is 13.8. The molecule has 0 aromatic heterocycles. The second kappa shape index (κ2) is 9.06. The van der Waals surface area contributed by atoms with Gasteiger partial charge in [0.2, 0.25) is 15.9 Å². The topological polar surface area (TPSA) is 98.8 Å². The molecule has 0 unspecified atom stereocenters. The lowest BCUT2D eigenvalue weighted by Gasteiger charge is -2.33. The van der Waals surface area contributed by atoms with E-state index in [0.717, 1.165) is 12.5 Å². The van der Waals surface area contributed by atoms with Crippen LogP contribution in [0.25, 0.3) is 0 Å². The minimum atomic E-state index is -3.91. The molecular formula is C16H23FN4O4S. The van der Waals surface area contributed by atoms with Gasteiger partial charge >= 0.3 is 6.03 Å². The van der Waals surface area contributed by atoms with E-state index in [-0.39, 0.29) is 24.5 Å². The van der Waals surface area contributed by atoms with Gasteiger partial charge in [-0.2, -0.15) is 4.31 Å². The Kier molecular flexibility index (Phi) is 7.06. The molecule has 1 aliphatic rings. The number of carbonyl (C=O) groups is 2. The van der Waals surface area contributed by atoms with Crippen LogP contribution in [0, 0.1) is 5.82 Å². The van der Waals surface area contributed by atoms with Crippen molar-refractivity contribution in [1.29, 1.82) is 0 Å². The minimum Gasteiger partial charge on any atom is -0.338 e. The van der Waals surface area contributed by atoms with Crippen molar-refractivity contribution in [3.05, 3.63) is 30.1 Å². The third kappa shape index (κ3) is 5.23. The largest absolute Gasteiger partial charge is 0.338 e. The van der Waals surface area contributed by atoms with Gasteiger partial charge in [-0.3, -0.25) is 15.0 Å². The standard InChI is InChI=1S/C16H23FN4O4S/c1-2-7-18-16(23)19-15(22)12-20-8-10-21(11-9-20)26(24,25)14-6-4-3-5-13(14)17/h3-6H,2,7-12H2,1H3,(H2,18,19,22,23). The second-order valence-corrected chi connectivity index (χ2v) is 7.82. The summed E-state index contributed by atoms with van der Waals surface area (Å²) in [5.41, 5.74) is 0. The van der Waals surface area contributed by atoms with Crippen molar-refractivity contribution >= 4 is 22.0 Å². The maximum atomic E-state index is 13.8. The Bertz CT molecular complexity index is 748. The lowest BCUT2D eigenvalue weighted by molar-refractivity contribution is -0.121. The fourth-order valence-corrected chi connectivity index (χ4v) is 4.06. The van der Waals surface area contributed by atoms with Gasteiger partial charge in [0.25, 0.3) is 0 Å². The molecule has 0 bridgehead atoms. The number of urea groups is 1. The molecule has 2 rings (SSSR count). The molecular weight excluding hydrogens is 363 g/mol. The number of amides is 3. The number of rotatable bonds is 6. The summed E-state index contributed by atoms with van der Waals surface area (Å²) in [7, 11) is -3.91. The van der Waals surface area contributed by atoms with Gasteiger partial charge in [-0.25, -0.2) is 17.6 Å². The van der Waals surface area contributed by atoms with Crippen LogP contribution in [0.15, 0.2) is 29.2 Å². The summed E-state index contributed by atoms with van der Waals surface area (Å²) in [5.74, 6) is -1.24. The molecule has 0 atom stereocenters. The number of halogens is 1. The fraction of sp³-hybridized carbons (Fsp3) is 0.500. The zero-order valence-corrected chi connectivity index (χ0v) is 15.4. The van der Waals surface area contributed by atoms with Gasteiger partial charge < -0.3 is 5.32 Å². The molecule has 0 saturated carbocycles. The van der Waals surface area contributed by atoms with Crippen LogP contribution >= 0.6 is 0 Å². The normalized spacial score (nSPS) is 16.2. The van der Waals surface area contributed by atoms with E-state index in [9.17, 15) is 22.4 Å². The van der Waals surface area contributed by atoms with Crippen molar-refractivity contribution in [3.63, 3.8) is 0 Å². The Hall–Kier alpha value is -2.04. The third-order valence-corrected chi connectivity index (χ3v) is 5.87. The number of hydrogen-bond acceptors (Lipinski definition) is 5. The van der Waals surface area contributed by atoms with Crippen LogP contribution in [0.5, 0.6) is 0 Å². The summed E-state index contributed by atoms with van der Waals surface area (Å²) in [4.78, 5) is 24.7. The highest BCUT2D eigenvalue weighted by atomic mass is 32.2. The van der Waals surface area contributed by atoms with Gasteiger partial charge in [-0.1, -0.05) is 19.1 Å². The van der Waals surface area contributed by atoms with E-state index in [1.165, 1.54) is 22.5 Å². The van der Waals surface area contributed by atoms with Crippen LogP contribution in [-0.4, -0.2) is 68.8 Å². The summed E-state index contributed by atoms with van der Waals surface area (Å²) >= 11 is 0. The highest BCUT2D eigenvalue weighted by molar-refractivity contribution is 7.89. The van der Waals surface area contributed by atoms with Gasteiger partial charge in [0.05, 0.1) is 6.54 Å². The Balaban J connectivity index is 1.86. The second-order valence-electron chi connectivity index (χ2n) is 5.91. The van der Waals surface area contributed by atoms with E-state index < -0.39 is 27.8 Å². The first-order chi connectivity index (χ1) is 12.3. The molecule has 1 saturated heterocycles. The zero-order valence-electron chi connectivity index (χ0n) is 14.6. The summed E-state index contributed by atoms with van der Waals surface area (Å²) < 4.78 is 40.0. The van der Waals surface area contributed by atoms with E-state index in [0.29, 0.717) is 19.6 Å². The molecule has 10 heteroatoms. The first kappa shape index (κ1) is 20.3. The molecule has 0 aliphatic carbocycles. The van der Waals surface area contributed by atoms with E-state index in [4.69, 9.17) is 0 Å². The van der Waals surface area contributed by atoms with Gasteiger partial charge in [0.15, 0.2) is 0 Å². The number of hydrogen-bond donors (Lipinski definition) is 2. The number of piperazine rings is 1. The Morgan fingerprint density at radius 3 is 2.42 bits per heavy atom. The van der Waals surface area contributed by atoms with Crippen LogP contribution in [0.1, 0.15) is 13.3 Å². The van der Waals surface area contributed by atoms with Crippen LogP contribution in [-0.2, 0) is 14.8 Å². The first-order valence-electron chi connectivity index (χ1n) is 8.39. The molecule has 0 spiro atoms. The molecule has 26 heavy (non-hydrogen) atoms. The van der Waals surface area contributed by atoms with Crippen molar-refractivity contribution in [2.75, 3.05) is 39.3 Å². The first-order valence-corrected chi connectivity index (χ1v) is 9.83. The monoisotopic (exact) mass is 386 g/mol. The molecule has 144 valence electrons. The number of imide groups is 1. The van der Waals surface area contributed by atoms with Crippen molar-refractivity contribution < 1.29 is 22.4 Å². The van der Waals surface area contributed by atoms with E-state index in [1.54, 1.807) is 4.90 Å². The van der Waals surface area contributed by atoms with Crippen molar-refractivity contribution in [2.45, 2.75) is 18.2 Å². The molecule has 1 heterocycles. The predicted octanol–water partition coefficient (Wildman–Crippen LogP) is 0.368. The SMILES string of the molecule is CCCNC(=O)NC(=O)CN1CCN(S(=O)(=O)c2ccccc2F)CC1. The molecule has 1 aromatic carbocycles. The van der Waals surface area contributed by atoms with Gasteiger partial charge in [-0.15, -0.1) is 0 Å². The number of carbonyl (C=O) groups excluding carboxylic acids is 2. The number of nitrogens with zero attached hydrogens (tertiary/aromatic N) is 2. The maximum Gasteiger partial charge on any atom is 0.321 e. The van der Waals surface area contributed by atoms with Gasteiger partial charge in [0, 0.05) is 32.7 Å². The van der Waals surface area contributed by atoms with Crippen LogP contribution in [0.2, 0.25) is 0 Å². The number of benzene rings is 1. The molecule has 3 amide bonds. The Morgan fingerprint density at radius 1 is 1.15 bits per heavy atom.